The van der Waals surface area contributed by atoms with Gasteiger partial charge in [0.1, 0.15) is 11.6 Å². The summed E-state index contributed by atoms with van der Waals surface area (Å²) in [5, 5.41) is 15.6. The van der Waals surface area contributed by atoms with Crippen molar-refractivity contribution in [3.8, 4) is 23.0 Å². The largest absolute Gasteiger partial charge is 0.354 e. The Bertz CT molecular complexity index is 1490. The summed E-state index contributed by atoms with van der Waals surface area (Å²) >= 11 is 9.52. The van der Waals surface area contributed by atoms with E-state index in [9.17, 15) is 5.26 Å². The second kappa shape index (κ2) is 8.46. The van der Waals surface area contributed by atoms with Gasteiger partial charge in [0.25, 0.3) is 0 Å². The zero-order chi connectivity index (χ0) is 22.1. The van der Waals surface area contributed by atoms with Crippen molar-refractivity contribution in [2.45, 2.75) is 0 Å². The minimum absolute atomic E-state index is 0.390. The number of hydrogen-bond acceptors (Lipinski definition) is 3. The summed E-state index contributed by atoms with van der Waals surface area (Å²) in [6.07, 6.45) is 3.31. The third-order valence-electron chi connectivity index (χ3n) is 5.13. The van der Waals surface area contributed by atoms with Crippen molar-refractivity contribution in [1.29, 1.82) is 5.26 Å². The monoisotopic (exact) mass is 499 g/mol. The molecule has 0 aliphatic carbocycles. The first-order valence-electron chi connectivity index (χ1n) is 9.79. The van der Waals surface area contributed by atoms with Crippen LogP contribution in [0.1, 0.15) is 11.1 Å². The fourth-order valence-corrected chi connectivity index (χ4v) is 3.97. The van der Waals surface area contributed by atoms with Crippen LogP contribution in [0.2, 0.25) is 5.02 Å². The number of aromatic nitrogens is 3. The van der Waals surface area contributed by atoms with Crippen molar-refractivity contribution in [2.24, 2.45) is 4.99 Å². The van der Waals surface area contributed by atoms with E-state index in [1.165, 1.54) is 6.20 Å². The van der Waals surface area contributed by atoms with Gasteiger partial charge < -0.3 is 4.98 Å². The standard InChI is InChI=1S/C25H15BrClN5/c26-18-7-5-16(6-8-18)24-22(21-3-1-2-4-23(21)31-24)15-29-25-17(13-28)14-30-32(25)20-11-9-19(27)10-12-20/h1-12,14-15,31H/b29-15+. The van der Waals surface area contributed by atoms with E-state index in [-0.39, 0.29) is 0 Å². The number of nitrogens with zero attached hydrogens (tertiary/aromatic N) is 4. The molecule has 2 heterocycles. The quantitative estimate of drug-likeness (QED) is 0.268. The van der Waals surface area contributed by atoms with Gasteiger partial charge in [-0.3, -0.25) is 0 Å². The van der Waals surface area contributed by atoms with Crippen LogP contribution in [0.15, 0.2) is 88.5 Å². The number of nitriles is 1. The van der Waals surface area contributed by atoms with E-state index in [1.807, 2.05) is 54.6 Å². The van der Waals surface area contributed by atoms with Crippen molar-refractivity contribution in [3.63, 3.8) is 0 Å². The van der Waals surface area contributed by atoms with Gasteiger partial charge in [0, 0.05) is 32.2 Å². The lowest BCUT2D eigenvalue weighted by Gasteiger charge is -2.05. The molecule has 0 saturated carbocycles. The zero-order valence-corrected chi connectivity index (χ0v) is 19.0. The fourth-order valence-electron chi connectivity index (χ4n) is 3.58. The molecule has 0 atom stereocenters. The first-order chi connectivity index (χ1) is 15.6. The molecule has 3 aromatic carbocycles. The van der Waals surface area contributed by atoms with Gasteiger partial charge >= 0.3 is 0 Å². The summed E-state index contributed by atoms with van der Waals surface area (Å²) in [6, 6.07) is 25.6. The Morgan fingerprint density at radius 3 is 2.53 bits per heavy atom. The number of H-pyrrole nitrogens is 1. The Kier molecular flexibility index (Phi) is 5.36. The number of hydrogen-bond donors (Lipinski definition) is 1. The summed E-state index contributed by atoms with van der Waals surface area (Å²) in [5.41, 5.74) is 5.11. The normalized spacial score (nSPS) is 11.3. The van der Waals surface area contributed by atoms with Crippen molar-refractivity contribution in [1.82, 2.24) is 14.8 Å². The van der Waals surface area contributed by atoms with Gasteiger partial charge in [0.05, 0.1) is 17.6 Å². The molecule has 7 heteroatoms. The molecule has 2 aromatic heterocycles. The lowest BCUT2D eigenvalue weighted by Crippen LogP contribution is -1.96. The molecule has 154 valence electrons. The fraction of sp³-hybridized carbons (Fsp3) is 0. The molecule has 0 spiro atoms. The molecule has 0 aliphatic rings. The van der Waals surface area contributed by atoms with Crippen LogP contribution in [0.4, 0.5) is 5.82 Å². The van der Waals surface area contributed by atoms with E-state index in [1.54, 1.807) is 23.0 Å². The van der Waals surface area contributed by atoms with Crippen LogP contribution in [0, 0.1) is 11.3 Å². The molecule has 5 aromatic rings. The van der Waals surface area contributed by atoms with Gasteiger partial charge in [0.15, 0.2) is 5.82 Å². The average Bonchev–Trinajstić information content (AvgIpc) is 3.39. The van der Waals surface area contributed by atoms with Crippen LogP contribution in [0.3, 0.4) is 0 Å². The first-order valence-corrected chi connectivity index (χ1v) is 11.0. The number of nitrogens with one attached hydrogen (secondary N) is 1. The van der Waals surface area contributed by atoms with Crippen LogP contribution in [-0.4, -0.2) is 21.0 Å². The molecule has 0 unspecified atom stereocenters. The Hall–Kier alpha value is -3.66. The number of aliphatic imine (C=N–C) groups is 1. The molecule has 0 fully saturated rings. The molecule has 5 rings (SSSR count). The van der Waals surface area contributed by atoms with Gasteiger partial charge in [-0.15, -0.1) is 0 Å². The van der Waals surface area contributed by atoms with Crippen LogP contribution < -0.4 is 0 Å². The highest BCUT2D eigenvalue weighted by Crippen LogP contribution is 2.31. The SMILES string of the molecule is N#Cc1cnn(-c2ccc(Cl)cc2)c1/N=C/c1c(-c2ccc(Br)cc2)[nH]c2ccccc12. The zero-order valence-electron chi connectivity index (χ0n) is 16.6. The maximum atomic E-state index is 9.60. The van der Waals surface area contributed by atoms with Gasteiger partial charge in [-0.1, -0.05) is 57.9 Å². The highest BCUT2D eigenvalue weighted by molar-refractivity contribution is 9.10. The van der Waals surface area contributed by atoms with Crippen LogP contribution in [0.5, 0.6) is 0 Å². The van der Waals surface area contributed by atoms with Gasteiger partial charge in [0.2, 0.25) is 0 Å². The maximum absolute atomic E-state index is 9.60. The van der Waals surface area contributed by atoms with Crippen molar-refractivity contribution < 1.29 is 0 Å². The smallest absolute Gasteiger partial charge is 0.173 e. The summed E-state index contributed by atoms with van der Waals surface area (Å²) < 4.78 is 2.65. The summed E-state index contributed by atoms with van der Waals surface area (Å²) in [4.78, 5) is 8.23. The van der Waals surface area contributed by atoms with Crippen molar-refractivity contribution >= 4 is 50.5 Å². The van der Waals surface area contributed by atoms with Crippen LogP contribution >= 0.6 is 27.5 Å². The molecule has 0 aliphatic heterocycles. The Morgan fingerprint density at radius 1 is 1.03 bits per heavy atom. The first kappa shape index (κ1) is 20.3. The van der Waals surface area contributed by atoms with Gasteiger partial charge in [-0.25, -0.2) is 9.67 Å². The second-order valence-corrected chi connectivity index (χ2v) is 8.46. The molecule has 5 nitrogen and oxygen atoms in total. The Labute approximate surface area is 197 Å². The predicted octanol–water partition coefficient (Wildman–Crippen LogP) is 7.06. The van der Waals surface area contributed by atoms with E-state index in [2.05, 4.69) is 38.1 Å². The lowest BCUT2D eigenvalue weighted by atomic mass is 10.1. The maximum Gasteiger partial charge on any atom is 0.173 e. The Balaban J connectivity index is 1.66. The molecular formula is C25H15BrClN5. The van der Waals surface area contributed by atoms with Crippen LogP contribution in [-0.2, 0) is 0 Å². The average molecular weight is 501 g/mol. The van der Waals surface area contributed by atoms with Gasteiger partial charge in [-0.05, 0) is 48.0 Å². The van der Waals surface area contributed by atoms with E-state index in [4.69, 9.17) is 16.6 Å². The van der Waals surface area contributed by atoms with E-state index in [0.29, 0.717) is 16.4 Å². The topological polar surface area (TPSA) is 69.8 Å². The van der Waals surface area contributed by atoms with E-state index in [0.717, 1.165) is 37.9 Å². The number of halogens is 2. The molecule has 1 N–H and O–H groups in total. The number of para-hydroxylation sites is 1. The summed E-state index contributed by atoms with van der Waals surface area (Å²) in [5.74, 6) is 0.460. The molecular weight excluding hydrogens is 486 g/mol. The van der Waals surface area contributed by atoms with Crippen LogP contribution in [0.25, 0.3) is 27.8 Å². The predicted molar refractivity (Wildman–Crippen MR) is 132 cm³/mol. The highest BCUT2D eigenvalue weighted by atomic mass is 79.9. The second-order valence-electron chi connectivity index (χ2n) is 7.11. The molecule has 0 bridgehead atoms. The number of benzene rings is 3. The minimum atomic E-state index is 0.390. The number of fused-ring (bicyclic) bond motifs is 1. The van der Waals surface area contributed by atoms with E-state index >= 15 is 0 Å². The van der Waals surface area contributed by atoms with Crippen molar-refractivity contribution in [3.05, 3.63) is 99.6 Å². The minimum Gasteiger partial charge on any atom is -0.354 e. The third kappa shape index (κ3) is 3.73. The number of aromatic amines is 1. The highest BCUT2D eigenvalue weighted by Gasteiger charge is 2.14. The summed E-state index contributed by atoms with van der Waals surface area (Å²) in [6.45, 7) is 0. The van der Waals surface area contributed by atoms with E-state index < -0.39 is 0 Å². The van der Waals surface area contributed by atoms with Gasteiger partial charge in [-0.2, -0.15) is 10.4 Å². The molecule has 0 amide bonds. The molecule has 0 saturated heterocycles. The lowest BCUT2D eigenvalue weighted by molar-refractivity contribution is 0.881. The molecule has 32 heavy (non-hydrogen) atoms. The number of rotatable bonds is 4. The Morgan fingerprint density at radius 2 is 1.78 bits per heavy atom. The van der Waals surface area contributed by atoms with Crippen molar-refractivity contribution in [2.75, 3.05) is 0 Å². The summed E-state index contributed by atoms with van der Waals surface area (Å²) in [7, 11) is 0. The third-order valence-corrected chi connectivity index (χ3v) is 5.91. The molecule has 0 radical (unpaired) electrons.